The molecule has 0 aliphatic rings. The van der Waals surface area contributed by atoms with Crippen LogP contribution in [0.15, 0.2) is 28.7 Å². The molecule has 106 valence electrons. The largest absolute Gasteiger partial charge is 0.395 e. The van der Waals surface area contributed by atoms with Gasteiger partial charge in [0.05, 0.1) is 6.61 Å². The van der Waals surface area contributed by atoms with Crippen LogP contribution in [0, 0.1) is 0 Å². The highest BCUT2D eigenvalue weighted by molar-refractivity contribution is 9.10. The number of hydrogen-bond acceptors (Lipinski definition) is 3. The first-order chi connectivity index (χ1) is 9.17. The number of unbranched alkanes of at least 4 members (excludes halogenated alkanes) is 1. The van der Waals surface area contributed by atoms with Gasteiger partial charge in [-0.3, -0.25) is 4.79 Å². The summed E-state index contributed by atoms with van der Waals surface area (Å²) in [5.74, 6) is 0.159. The molecule has 0 spiro atoms. The van der Waals surface area contributed by atoms with Crippen molar-refractivity contribution >= 4 is 21.7 Å². The number of carbonyl (C=O) groups is 1. The minimum absolute atomic E-state index is 0.149. The van der Waals surface area contributed by atoms with Gasteiger partial charge in [0.1, 0.15) is 0 Å². The Bertz CT molecular complexity index is 378. The number of aliphatic hydroxyl groups excluding tert-OH is 1. The lowest BCUT2D eigenvalue weighted by atomic mass is 10.1. The normalized spacial score (nSPS) is 10.9. The monoisotopic (exact) mass is 327 g/mol. The van der Waals surface area contributed by atoms with Crippen LogP contribution in [0.25, 0.3) is 0 Å². The molecule has 1 aromatic rings. The standard InChI is InChI=1S/C15H22BrNO2/c1-2-3-9-17(11-12-18)10-8-15(19)13-4-6-14(16)7-5-13/h4-7,18H,2-3,8-12H2,1H3. The van der Waals surface area contributed by atoms with Gasteiger partial charge >= 0.3 is 0 Å². The maximum Gasteiger partial charge on any atom is 0.164 e. The lowest BCUT2D eigenvalue weighted by Gasteiger charge is -2.20. The van der Waals surface area contributed by atoms with Gasteiger partial charge in [-0.2, -0.15) is 0 Å². The fraction of sp³-hybridized carbons (Fsp3) is 0.533. The van der Waals surface area contributed by atoms with Crippen molar-refractivity contribution in [3.8, 4) is 0 Å². The van der Waals surface area contributed by atoms with Crippen LogP contribution in [0.3, 0.4) is 0 Å². The minimum atomic E-state index is 0.149. The average molecular weight is 328 g/mol. The Labute approximate surface area is 123 Å². The topological polar surface area (TPSA) is 40.5 Å². The zero-order chi connectivity index (χ0) is 14.1. The highest BCUT2D eigenvalue weighted by Gasteiger charge is 2.09. The van der Waals surface area contributed by atoms with Crippen molar-refractivity contribution in [3.05, 3.63) is 34.3 Å². The Kier molecular flexibility index (Phi) is 7.94. The second kappa shape index (κ2) is 9.23. The van der Waals surface area contributed by atoms with Crippen molar-refractivity contribution < 1.29 is 9.90 Å². The molecular weight excluding hydrogens is 306 g/mol. The molecule has 0 saturated carbocycles. The molecule has 1 rings (SSSR count). The van der Waals surface area contributed by atoms with Crippen molar-refractivity contribution in [2.45, 2.75) is 26.2 Å². The van der Waals surface area contributed by atoms with Crippen molar-refractivity contribution in [1.82, 2.24) is 4.90 Å². The number of Topliss-reactive ketones (excluding diaryl/α,β-unsaturated/α-hetero) is 1. The van der Waals surface area contributed by atoms with Crippen molar-refractivity contribution in [3.63, 3.8) is 0 Å². The molecule has 0 heterocycles. The maximum atomic E-state index is 12.0. The molecule has 19 heavy (non-hydrogen) atoms. The van der Waals surface area contributed by atoms with Gasteiger partial charge in [-0.25, -0.2) is 0 Å². The van der Waals surface area contributed by atoms with Crippen LogP contribution in [-0.4, -0.2) is 42.0 Å². The van der Waals surface area contributed by atoms with Gasteiger partial charge in [-0.15, -0.1) is 0 Å². The fourth-order valence-corrected chi connectivity index (χ4v) is 2.16. The van der Waals surface area contributed by atoms with Crippen molar-refractivity contribution in [1.29, 1.82) is 0 Å². The Morgan fingerprint density at radius 2 is 1.89 bits per heavy atom. The molecule has 0 amide bonds. The summed E-state index contributed by atoms with van der Waals surface area (Å²) in [4.78, 5) is 14.2. The summed E-state index contributed by atoms with van der Waals surface area (Å²) in [5.41, 5.74) is 0.752. The Morgan fingerprint density at radius 1 is 1.21 bits per heavy atom. The SMILES string of the molecule is CCCCN(CCO)CCC(=O)c1ccc(Br)cc1. The lowest BCUT2D eigenvalue weighted by molar-refractivity contribution is 0.0956. The van der Waals surface area contributed by atoms with Gasteiger partial charge in [0.25, 0.3) is 0 Å². The molecule has 1 aromatic carbocycles. The number of hydrogen-bond donors (Lipinski definition) is 1. The van der Waals surface area contributed by atoms with Crippen LogP contribution >= 0.6 is 15.9 Å². The summed E-state index contributed by atoms with van der Waals surface area (Å²) in [7, 11) is 0. The van der Waals surface area contributed by atoms with Gasteiger partial charge in [-0.05, 0) is 25.1 Å². The number of halogens is 1. The van der Waals surface area contributed by atoms with Gasteiger partial charge in [0.2, 0.25) is 0 Å². The van der Waals surface area contributed by atoms with E-state index >= 15 is 0 Å². The Balaban J connectivity index is 2.44. The van der Waals surface area contributed by atoms with Crippen LogP contribution in [0.1, 0.15) is 36.5 Å². The van der Waals surface area contributed by atoms with E-state index in [4.69, 9.17) is 5.11 Å². The second-order valence-corrected chi connectivity index (χ2v) is 5.51. The maximum absolute atomic E-state index is 12.0. The average Bonchev–Trinajstić information content (AvgIpc) is 2.42. The summed E-state index contributed by atoms with van der Waals surface area (Å²) >= 11 is 3.36. The van der Waals surface area contributed by atoms with E-state index in [1.165, 1.54) is 0 Å². The van der Waals surface area contributed by atoms with Gasteiger partial charge in [0.15, 0.2) is 5.78 Å². The summed E-state index contributed by atoms with van der Waals surface area (Å²) in [6, 6.07) is 7.45. The lowest BCUT2D eigenvalue weighted by Crippen LogP contribution is -2.30. The zero-order valence-electron chi connectivity index (χ0n) is 11.4. The summed E-state index contributed by atoms with van der Waals surface area (Å²) in [5, 5.41) is 9.02. The van der Waals surface area contributed by atoms with Crippen molar-refractivity contribution in [2.75, 3.05) is 26.2 Å². The smallest absolute Gasteiger partial charge is 0.164 e. The molecule has 0 saturated heterocycles. The first kappa shape index (κ1) is 16.3. The Morgan fingerprint density at radius 3 is 2.47 bits per heavy atom. The first-order valence-electron chi connectivity index (χ1n) is 6.79. The molecule has 0 bridgehead atoms. The molecule has 0 fully saturated rings. The van der Waals surface area contributed by atoms with Crippen LogP contribution < -0.4 is 0 Å². The van der Waals surface area contributed by atoms with E-state index in [0.717, 1.165) is 36.0 Å². The van der Waals surface area contributed by atoms with Crippen molar-refractivity contribution in [2.24, 2.45) is 0 Å². The molecule has 0 aliphatic heterocycles. The highest BCUT2D eigenvalue weighted by atomic mass is 79.9. The van der Waals surface area contributed by atoms with Gasteiger partial charge < -0.3 is 10.0 Å². The van der Waals surface area contributed by atoms with E-state index in [0.29, 0.717) is 13.0 Å². The molecule has 4 heteroatoms. The minimum Gasteiger partial charge on any atom is -0.395 e. The number of rotatable bonds is 9. The second-order valence-electron chi connectivity index (χ2n) is 4.60. The third-order valence-corrected chi connectivity index (χ3v) is 3.59. The number of ketones is 1. The number of carbonyl (C=O) groups excluding carboxylic acids is 1. The van der Waals surface area contributed by atoms with E-state index < -0.39 is 0 Å². The summed E-state index contributed by atoms with van der Waals surface area (Å²) in [6.07, 6.45) is 2.74. The van der Waals surface area contributed by atoms with E-state index in [1.807, 2.05) is 24.3 Å². The number of benzene rings is 1. The van der Waals surface area contributed by atoms with Crippen LogP contribution in [0.2, 0.25) is 0 Å². The van der Waals surface area contributed by atoms with Crippen LogP contribution in [-0.2, 0) is 0 Å². The predicted octanol–water partition coefficient (Wildman–Crippen LogP) is 3.12. The van der Waals surface area contributed by atoms with E-state index in [9.17, 15) is 4.79 Å². The highest BCUT2D eigenvalue weighted by Crippen LogP contribution is 2.12. The summed E-state index contributed by atoms with van der Waals surface area (Å²) in [6.45, 7) is 4.61. The van der Waals surface area contributed by atoms with Gasteiger partial charge in [0, 0.05) is 29.5 Å². The number of nitrogens with zero attached hydrogens (tertiary/aromatic N) is 1. The molecule has 1 N–H and O–H groups in total. The quantitative estimate of drug-likeness (QED) is 0.708. The fourth-order valence-electron chi connectivity index (χ4n) is 1.90. The predicted molar refractivity (Wildman–Crippen MR) is 81.5 cm³/mol. The zero-order valence-corrected chi connectivity index (χ0v) is 13.0. The molecule has 0 atom stereocenters. The molecule has 0 radical (unpaired) electrons. The Hall–Kier alpha value is -0.710. The third-order valence-electron chi connectivity index (χ3n) is 3.07. The molecule has 0 aromatic heterocycles. The number of aliphatic hydroxyl groups is 1. The first-order valence-corrected chi connectivity index (χ1v) is 7.58. The van der Waals surface area contributed by atoms with E-state index in [2.05, 4.69) is 27.8 Å². The summed E-state index contributed by atoms with van der Waals surface area (Å²) < 4.78 is 0.980. The molecule has 0 unspecified atom stereocenters. The van der Waals surface area contributed by atoms with E-state index in [-0.39, 0.29) is 12.4 Å². The van der Waals surface area contributed by atoms with Crippen LogP contribution in [0.4, 0.5) is 0 Å². The van der Waals surface area contributed by atoms with E-state index in [1.54, 1.807) is 0 Å². The van der Waals surface area contributed by atoms with Gasteiger partial charge in [-0.1, -0.05) is 41.4 Å². The van der Waals surface area contributed by atoms with Crippen LogP contribution in [0.5, 0.6) is 0 Å². The molecular formula is C15H22BrNO2. The molecule has 0 aliphatic carbocycles. The molecule has 3 nitrogen and oxygen atoms in total. The third kappa shape index (κ3) is 6.32.